The van der Waals surface area contributed by atoms with E-state index < -0.39 is 0 Å². The SMILES string of the molecule is COc1cc(CON)cc2c1ccn2C. The maximum absolute atomic E-state index is 5.32. The number of benzene rings is 1. The van der Waals surface area contributed by atoms with E-state index in [0.29, 0.717) is 6.61 Å². The Labute approximate surface area is 88.1 Å². The fourth-order valence-electron chi connectivity index (χ4n) is 1.74. The van der Waals surface area contributed by atoms with Crippen LogP contribution in [-0.2, 0) is 18.5 Å². The van der Waals surface area contributed by atoms with E-state index in [0.717, 1.165) is 22.2 Å². The molecule has 0 radical (unpaired) electrons. The zero-order valence-corrected chi connectivity index (χ0v) is 8.86. The maximum Gasteiger partial charge on any atom is 0.128 e. The van der Waals surface area contributed by atoms with Crippen LogP contribution >= 0.6 is 0 Å². The lowest BCUT2D eigenvalue weighted by Gasteiger charge is -2.06. The van der Waals surface area contributed by atoms with E-state index in [1.165, 1.54) is 0 Å². The lowest BCUT2D eigenvalue weighted by atomic mass is 10.1. The van der Waals surface area contributed by atoms with Gasteiger partial charge in [0.1, 0.15) is 5.75 Å². The molecule has 2 rings (SSSR count). The molecule has 80 valence electrons. The van der Waals surface area contributed by atoms with Gasteiger partial charge in [-0.3, -0.25) is 4.84 Å². The number of hydrogen-bond acceptors (Lipinski definition) is 3. The van der Waals surface area contributed by atoms with Crippen LogP contribution in [0, 0.1) is 0 Å². The van der Waals surface area contributed by atoms with Crippen molar-refractivity contribution < 1.29 is 9.57 Å². The minimum Gasteiger partial charge on any atom is -0.496 e. The monoisotopic (exact) mass is 206 g/mol. The van der Waals surface area contributed by atoms with Crippen LogP contribution in [0.2, 0.25) is 0 Å². The number of rotatable bonds is 3. The molecule has 0 bridgehead atoms. The molecule has 0 aliphatic carbocycles. The van der Waals surface area contributed by atoms with Crippen molar-refractivity contribution in [1.82, 2.24) is 4.57 Å². The number of ether oxygens (including phenoxy) is 1. The number of nitrogens with two attached hydrogens (primary N) is 1. The van der Waals surface area contributed by atoms with Crippen LogP contribution in [0.15, 0.2) is 24.4 Å². The van der Waals surface area contributed by atoms with Crippen molar-refractivity contribution in [2.75, 3.05) is 7.11 Å². The molecule has 4 heteroatoms. The van der Waals surface area contributed by atoms with Gasteiger partial charge in [-0.2, -0.15) is 0 Å². The van der Waals surface area contributed by atoms with Crippen molar-refractivity contribution in [3.05, 3.63) is 30.0 Å². The molecule has 0 spiro atoms. The Morgan fingerprint density at radius 3 is 2.87 bits per heavy atom. The molecule has 1 aromatic heterocycles. The Morgan fingerprint density at radius 1 is 1.40 bits per heavy atom. The van der Waals surface area contributed by atoms with E-state index >= 15 is 0 Å². The predicted octanol–water partition coefficient (Wildman–Crippen LogP) is 1.58. The zero-order chi connectivity index (χ0) is 10.8. The molecule has 0 aliphatic heterocycles. The molecule has 4 nitrogen and oxygen atoms in total. The standard InChI is InChI=1S/C11H14N2O2/c1-13-4-3-9-10(13)5-8(7-15-12)6-11(9)14-2/h3-6H,7,12H2,1-2H3. The maximum atomic E-state index is 5.32. The summed E-state index contributed by atoms with van der Waals surface area (Å²) in [7, 11) is 3.66. The summed E-state index contributed by atoms with van der Waals surface area (Å²) in [6, 6.07) is 6.02. The summed E-state index contributed by atoms with van der Waals surface area (Å²) in [5.74, 6) is 5.91. The summed E-state index contributed by atoms with van der Waals surface area (Å²) in [6.07, 6.45) is 2.00. The second-order valence-corrected chi connectivity index (χ2v) is 3.47. The average Bonchev–Trinajstić information content (AvgIpc) is 2.60. The summed E-state index contributed by atoms with van der Waals surface area (Å²) in [5, 5.41) is 1.10. The molecule has 1 heterocycles. The van der Waals surface area contributed by atoms with Crippen LogP contribution in [0.3, 0.4) is 0 Å². The van der Waals surface area contributed by atoms with Gasteiger partial charge in [-0.15, -0.1) is 0 Å². The van der Waals surface area contributed by atoms with E-state index in [1.807, 2.05) is 36.0 Å². The quantitative estimate of drug-likeness (QED) is 0.775. The van der Waals surface area contributed by atoms with Gasteiger partial charge >= 0.3 is 0 Å². The number of nitrogens with zero attached hydrogens (tertiary/aromatic N) is 1. The van der Waals surface area contributed by atoms with Crippen molar-refractivity contribution in [3.8, 4) is 5.75 Å². The van der Waals surface area contributed by atoms with E-state index in [1.54, 1.807) is 7.11 Å². The summed E-state index contributed by atoms with van der Waals surface area (Å²) < 4.78 is 7.36. The molecule has 0 amide bonds. The fraction of sp³-hybridized carbons (Fsp3) is 0.273. The van der Waals surface area contributed by atoms with Crippen molar-refractivity contribution in [2.45, 2.75) is 6.61 Å². The number of fused-ring (bicyclic) bond motifs is 1. The number of aromatic nitrogens is 1. The number of methoxy groups -OCH3 is 1. The van der Waals surface area contributed by atoms with E-state index in [-0.39, 0.29) is 0 Å². The normalized spacial score (nSPS) is 10.9. The molecule has 1 aromatic carbocycles. The second kappa shape index (κ2) is 3.92. The van der Waals surface area contributed by atoms with Crippen LogP contribution in [0.25, 0.3) is 10.9 Å². The topological polar surface area (TPSA) is 49.4 Å². The van der Waals surface area contributed by atoms with Crippen LogP contribution < -0.4 is 10.6 Å². The number of hydrogen-bond donors (Lipinski definition) is 1. The van der Waals surface area contributed by atoms with Crippen LogP contribution in [-0.4, -0.2) is 11.7 Å². The Kier molecular flexibility index (Phi) is 2.62. The third kappa shape index (κ3) is 1.69. The predicted molar refractivity (Wildman–Crippen MR) is 58.4 cm³/mol. The van der Waals surface area contributed by atoms with E-state index in [2.05, 4.69) is 4.84 Å². The van der Waals surface area contributed by atoms with Gasteiger partial charge in [-0.05, 0) is 23.8 Å². The Morgan fingerprint density at radius 2 is 2.20 bits per heavy atom. The highest BCUT2D eigenvalue weighted by atomic mass is 16.6. The molecule has 0 atom stereocenters. The second-order valence-electron chi connectivity index (χ2n) is 3.47. The lowest BCUT2D eigenvalue weighted by molar-refractivity contribution is 0.124. The minimum absolute atomic E-state index is 0.386. The molecular formula is C11H14N2O2. The highest BCUT2D eigenvalue weighted by Gasteiger charge is 2.07. The number of aryl methyl sites for hydroxylation is 1. The fourth-order valence-corrected chi connectivity index (χ4v) is 1.74. The Bertz CT molecular complexity index is 477. The average molecular weight is 206 g/mol. The first kappa shape index (κ1) is 10.0. The first-order valence-electron chi connectivity index (χ1n) is 4.70. The van der Waals surface area contributed by atoms with Crippen molar-refractivity contribution >= 4 is 10.9 Å². The molecule has 2 N–H and O–H groups in total. The molecule has 0 saturated carbocycles. The lowest BCUT2D eigenvalue weighted by Crippen LogP contribution is -1.99. The summed E-state index contributed by atoms with van der Waals surface area (Å²) in [4.78, 5) is 4.63. The summed E-state index contributed by atoms with van der Waals surface area (Å²) >= 11 is 0. The van der Waals surface area contributed by atoms with Gasteiger partial charge in [0, 0.05) is 18.6 Å². The molecular weight excluding hydrogens is 192 g/mol. The molecule has 0 fully saturated rings. The van der Waals surface area contributed by atoms with Gasteiger partial charge in [-0.1, -0.05) is 0 Å². The van der Waals surface area contributed by atoms with E-state index in [4.69, 9.17) is 10.6 Å². The highest BCUT2D eigenvalue weighted by Crippen LogP contribution is 2.28. The Hall–Kier alpha value is -1.52. The zero-order valence-electron chi connectivity index (χ0n) is 8.86. The molecule has 15 heavy (non-hydrogen) atoms. The molecule has 0 aliphatic rings. The molecule has 0 saturated heterocycles. The van der Waals surface area contributed by atoms with Gasteiger partial charge in [0.2, 0.25) is 0 Å². The molecule has 0 unspecified atom stereocenters. The van der Waals surface area contributed by atoms with Crippen molar-refractivity contribution in [3.63, 3.8) is 0 Å². The van der Waals surface area contributed by atoms with Crippen LogP contribution in [0.4, 0.5) is 0 Å². The Balaban J connectivity index is 2.62. The van der Waals surface area contributed by atoms with Gasteiger partial charge in [-0.25, -0.2) is 5.90 Å². The van der Waals surface area contributed by atoms with Gasteiger partial charge < -0.3 is 9.30 Å². The van der Waals surface area contributed by atoms with Crippen LogP contribution in [0.5, 0.6) is 5.75 Å². The third-order valence-electron chi connectivity index (χ3n) is 2.49. The van der Waals surface area contributed by atoms with E-state index in [9.17, 15) is 0 Å². The first-order chi connectivity index (χ1) is 7.26. The van der Waals surface area contributed by atoms with Gasteiger partial charge in [0.15, 0.2) is 0 Å². The van der Waals surface area contributed by atoms with Gasteiger partial charge in [0.25, 0.3) is 0 Å². The largest absolute Gasteiger partial charge is 0.496 e. The van der Waals surface area contributed by atoms with Crippen LogP contribution in [0.1, 0.15) is 5.56 Å². The smallest absolute Gasteiger partial charge is 0.128 e. The summed E-state index contributed by atoms with van der Waals surface area (Å²) in [5.41, 5.74) is 2.12. The summed E-state index contributed by atoms with van der Waals surface area (Å²) in [6.45, 7) is 0.386. The van der Waals surface area contributed by atoms with Crippen molar-refractivity contribution in [1.29, 1.82) is 0 Å². The third-order valence-corrected chi connectivity index (χ3v) is 2.49. The highest BCUT2D eigenvalue weighted by molar-refractivity contribution is 5.87. The molecule has 2 aromatic rings. The van der Waals surface area contributed by atoms with Crippen molar-refractivity contribution in [2.24, 2.45) is 12.9 Å². The first-order valence-corrected chi connectivity index (χ1v) is 4.70. The van der Waals surface area contributed by atoms with Gasteiger partial charge in [0.05, 0.1) is 19.2 Å². The minimum atomic E-state index is 0.386.